The van der Waals surface area contributed by atoms with Gasteiger partial charge in [0, 0.05) is 45.8 Å². The van der Waals surface area contributed by atoms with Crippen LogP contribution >= 0.6 is 0 Å². The lowest BCUT2D eigenvalue weighted by atomic mass is 10.0. The van der Waals surface area contributed by atoms with E-state index in [1.165, 1.54) is 6.42 Å². The maximum absolute atomic E-state index is 13.1. The Morgan fingerprint density at radius 3 is 2.16 bits per heavy atom. The van der Waals surface area contributed by atoms with E-state index in [1.54, 1.807) is 0 Å². The summed E-state index contributed by atoms with van der Waals surface area (Å²) in [6, 6.07) is 8.76. The van der Waals surface area contributed by atoms with E-state index in [4.69, 9.17) is 0 Å². The van der Waals surface area contributed by atoms with Crippen LogP contribution < -0.4 is 10.6 Å². The van der Waals surface area contributed by atoms with E-state index >= 15 is 0 Å². The van der Waals surface area contributed by atoms with Crippen molar-refractivity contribution in [3.8, 4) is 0 Å². The number of hydrogen-bond donors (Lipinski definition) is 2. The fourth-order valence-corrected chi connectivity index (χ4v) is 4.24. The zero-order valence-corrected chi connectivity index (χ0v) is 19.4. The predicted octanol–water partition coefficient (Wildman–Crippen LogP) is 1.67. The van der Waals surface area contributed by atoms with Crippen molar-refractivity contribution in [1.82, 2.24) is 25.3 Å². The smallest absolute Gasteiger partial charge is 0.315 e. The third kappa shape index (κ3) is 6.95. The van der Waals surface area contributed by atoms with E-state index in [9.17, 15) is 14.4 Å². The summed E-state index contributed by atoms with van der Waals surface area (Å²) in [6.07, 6.45) is 3.40. The van der Waals surface area contributed by atoms with Gasteiger partial charge in [-0.3, -0.25) is 14.5 Å². The number of benzene rings is 1. The molecular formula is C24H37N5O3. The molecule has 0 aliphatic carbocycles. The van der Waals surface area contributed by atoms with Gasteiger partial charge in [-0.05, 0) is 30.7 Å². The molecule has 2 aliphatic rings. The highest BCUT2D eigenvalue weighted by Crippen LogP contribution is 2.12. The Bertz CT molecular complexity index is 756. The molecule has 8 nitrogen and oxygen atoms in total. The summed E-state index contributed by atoms with van der Waals surface area (Å²) in [6.45, 7) is 8.95. The molecule has 2 fully saturated rings. The maximum atomic E-state index is 13.1. The highest BCUT2D eigenvalue weighted by atomic mass is 16.2. The topological polar surface area (TPSA) is 85.0 Å². The molecule has 0 saturated carbocycles. The van der Waals surface area contributed by atoms with E-state index < -0.39 is 6.04 Å². The normalized spacial score (nSPS) is 18.3. The molecule has 32 heavy (non-hydrogen) atoms. The van der Waals surface area contributed by atoms with Crippen molar-refractivity contribution >= 4 is 17.8 Å². The summed E-state index contributed by atoms with van der Waals surface area (Å²) in [5, 5.41) is 5.69. The Balaban J connectivity index is 1.44. The number of carbonyl (C=O) groups excluding carboxylic acids is 3. The molecule has 0 bridgehead atoms. The van der Waals surface area contributed by atoms with Crippen LogP contribution in [0.2, 0.25) is 0 Å². The van der Waals surface area contributed by atoms with Gasteiger partial charge >= 0.3 is 6.03 Å². The lowest BCUT2D eigenvalue weighted by Crippen LogP contribution is -2.58. The van der Waals surface area contributed by atoms with Gasteiger partial charge in [0.15, 0.2) is 0 Å². The quantitative estimate of drug-likeness (QED) is 0.671. The summed E-state index contributed by atoms with van der Waals surface area (Å²) in [7, 11) is 0. The molecule has 1 aromatic carbocycles. The number of piperidine rings is 1. The molecule has 0 spiro atoms. The molecular weight excluding hydrogens is 406 g/mol. The first-order valence-corrected chi connectivity index (χ1v) is 11.8. The monoisotopic (exact) mass is 443 g/mol. The molecule has 3 rings (SSSR count). The molecule has 2 aliphatic heterocycles. The van der Waals surface area contributed by atoms with Crippen molar-refractivity contribution < 1.29 is 14.4 Å². The summed E-state index contributed by atoms with van der Waals surface area (Å²) >= 11 is 0. The summed E-state index contributed by atoms with van der Waals surface area (Å²) in [4.78, 5) is 43.9. The van der Waals surface area contributed by atoms with Crippen molar-refractivity contribution in [1.29, 1.82) is 0 Å². The number of urea groups is 1. The van der Waals surface area contributed by atoms with Gasteiger partial charge in [0.25, 0.3) is 0 Å². The highest BCUT2D eigenvalue weighted by Gasteiger charge is 2.31. The Labute approximate surface area is 191 Å². The Morgan fingerprint density at radius 1 is 0.875 bits per heavy atom. The number of carbonyl (C=O) groups is 3. The van der Waals surface area contributed by atoms with Crippen LogP contribution in [0.5, 0.6) is 0 Å². The lowest BCUT2D eigenvalue weighted by Gasteiger charge is -2.38. The third-order valence-corrected chi connectivity index (χ3v) is 6.27. The second kappa shape index (κ2) is 11.9. The van der Waals surface area contributed by atoms with E-state index in [-0.39, 0.29) is 23.8 Å². The van der Waals surface area contributed by atoms with Crippen LogP contribution in [-0.2, 0) is 16.1 Å². The molecule has 2 saturated heterocycles. The minimum Gasteiger partial charge on any atom is -0.342 e. The molecule has 176 valence electrons. The SMILES string of the molecule is CC(C)C(NC(=O)NCc1ccccc1)C(=O)N1CCN(CC(=O)N2CCCCC2)CC1. The summed E-state index contributed by atoms with van der Waals surface area (Å²) in [5.74, 6) is 0.113. The van der Waals surface area contributed by atoms with Gasteiger partial charge in [0.05, 0.1) is 6.54 Å². The lowest BCUT2D eigenvalue weighted by molar-refractivity contribution is -0.137. The molecule has 2 N–H and O–H groups in total. The van der Waals surface area contributed by atoms with Gasteiger partial charge in [-0.25, -0.2) is 4.79 Å². The van der Waals surface area contributed by atoms with Crippen LogP contribution in [0.4, 0.5) is 4.79 Å². The van der Waals surface area contributed by atoms with Crippen LogP contribution in [-0.4, -0.2) is 84.4 Å². The second-order valence-corrected chi connectivity index (χ2v) is 9.08. The largest absolute Gasteiger partial charge is 0.342 e. The molecule has 1 aromatic rings. The number of rotatable bonds is 7. The molecule has 0 radical (unpaired) electrons. The molecule has 4 amide bonds. The second-order valence-electron chi connectivity index (χ2n) is 9.08. The van der Waals surface area contributed by atoms with E-state index in [1.807, 2.05) is 54.0 Å². The average Bonchev–Trinajstić information content (AvgIpc) is 2.82. The van der Waals surface area contributed by atoms with E-state index in [0.29, 0.717) is 39.3 Å². The predicted molar refractivity (Wildman–Crippen MR) is 124 cm³/mol. The van der Waals surface area contributed by atoms with Gasteiger partial charge in [0.2, 0.25) is 11.8 Å². The first kappa shape index (κ1) is 24.0. The number of nitrogens with one attached hydrogen (secondary N) is 2. The standard InChI is InChI=1S/C24H37N5O3/c1-19(2)22(26-24(32)25-17-20-9-5-3-6-10-20)23(31)29-15-13-27(14-16-29)18-21(30)28-11-7-4-8-12-28/h3,5-6,9-10,19,22H,4,7-8,11-18H2,1-2H3,(H2,25,26,32). The molecule has 8 heteroatoms. The maximum Gasteiger partial charge on any atom is 0.315 e. The number of hydrogen-bond acceptors (Lipinski definition) is 4. The van der Waals surface area contributed by atoms with Gasteiger partial charge < -0.3 is 20.4 Å². The van der Waals surface area contributed by atoms with Gasteiger partial charge in [0.1, 0.15) is 6.04 Å². The zero-order chi connectivity index (χ0) is 22.9. The van der Waals surface area contributed by atoms with Gasteiger partial charge in [-0.1, -0.05) is 44.2 Å². The Kier molecular flexibility index (Phi) is 8.90. The highest BCUT2D eigenvalue weighted by molar-refractivity contribution is 5.87. The van der Waals surface area contributed by atoms with Crippen LogP contribution in [0.1, 0.15) is 38.7 Å². The zero-order valence-electron chi connectivity index (χ0n) is 19.4. The molecule has 0 aromatic heterocycles. The number of likely N-dealkylation sites (tertiary alicyclic amines) is 1. The fourth-order valence-electron chi connectivity index (χ4n) is 4.24. The average molecular weight is 444 g/mol. The number of piperazine rings is 1. The minimum atomic E-state index is -0.577. The van der Waals surface area contributed by atoms with E-state index in [0.717, 1.165) is 31.5 Å². The number of amides is 4. The van der Waals surface area contributed by atoms with Crippen LogP contribution in [0.25, 0.3) is 0 Å². The molecule has 1 atom stereocenters. The molecule has 2 heterocycles. The van der Waals surface area contributed by atoms with Crippen molar-refractivity contribution in [2.24, 2.45) is 5.92 Å². The minimum absolute atomic E-state index is 0.0244. The van der Waals surface area contributed by atoms with Gasteiger partial charge in [-0.15, -0.1) is 0 Å². The fraction of sp³-hybridized carbons (Fsp3) is 0.625. The Hall–Kier alpha value is -2.61. The molecule has 1 unspecified atom stereocenters. The Morgan fingerprint density at radius 2 is 1.53 bits per heavy atom. The van der Waals surface area contributed by atoms with Crippen molar-refractivity contribution in [2.75, 3.05) is 45.8 Å². The van der Waals surface area contributed by atoms with E-state index in [2.05, 4.69) is 15.5 Å². The summed E-state index contributed by atoms with van der Waals surface area (Å²) < 4.78 is 0. The number of nitrogens with zero attached hydrogens (tertiary/aromatic N) is 3. The first-order valence-electron chi connectivity index (χ1n) is 11.8. The van der Waals surface area contributed by atoms with Crippen molar-refractivity contribution in [3.63, 3.8) is 0 Å². The van der Waals surface area contributed by atoms with Crippen LogP contribution in [0.15, 0.2) is 30.3 Å². The van der Waals surface area contributed by atoms with Gasteiger partial charge in [-0.2, -0.15) is 0 Å². The summed E-state index contributed by atoms with van der Waals surface area (Å²) in [5.41, 5.74) is 1.00. The first-order chi connectivity index (χ1) is 15.4. The third-order valence-electron chi connectivity index (χ3n) is 6.27. The van der Waals surface area contributed by atoms with Crippen molar-refractivity contribution in [2.45, 2.75) is 45.7 Å². The van der Waals surface area contributed by atoms with Crippen LogP contribution in [0.3, 0.4) is 0 Å². The van der Waals surface area contributed by atoms with Crippen LogP contribution in [0, 0.1) is 5.92 Å². The van der Waals surface area contributed by atoms with Crippen molar-refractivity contribution in [3.05, 3.63) is 35.9 Å².